The van der Waals surface area contributed by atoms with Gasteiger partial charge in [0, 0.05) is 9.79 Å². The number of aryl methyl sites for hydroxylation is 6. The van der Waals surface area contributed by atoms with Gasteiger partial charge in [0.05, 0.1) is 0 Å². The molecule has 2 rings (SSSR count). The molecule has 0 atom stereocenters. The minimum Gasteiger partial charge on any atom is -0.824 e. The van der Waals surface area contributed by atoms with Crippen LogP contribution in [0.5, 0.6) is 0 Å². The summed E-state index contributed by atoms with van der Waals surface area (Å²) in [5.74, 6) is 0. The fraction of sp³-hybridized carbons (Fsp3) is 0.538. The molecule has 0 aliphatic heterocycles. The fourth-order valence-corrected chi connectivity index (χ4v) is 9.78. The molecule has 37 heavy (non-hydrogen) atoms. The van der Waals surface area contributed by atoms with Gasteiger partial charge in [-0.15, -0.1) is 46.4 Å². The first kappa shape index (κ1) is 38.0. The minimum absolute atomic E-state index is 0. The average Bonchev–Trinajstić information content (AvgIpc) is 2.73. The molecule has 0 bridgehead atoms. The largest absolute Gasteiger partial charge is 4.00 e. The van der Waals surface area contributed by atoms with Gasteiger partial charge in [-0.3, -0.25) is 0 Å². The maximum absolute atomic E-state index is 11.3. The maximum atomic E-state index is 11.3. The summed E-state index contributed by atoms with van der Waals surface area (Å²) in [7, 11) is 0. The zero-order valence-corrected chi connectivity index (χ0v) is 29.6. The molecule has 0 saturated carbocycles. The molecule has 0 aliphatic rings. The predicted molar refractivity (Wildman–Crippen MR) is 159 cm³/mol. The van der Waals surface area contributed by atoms with Crippen molar-refractivity contribution in [3.05, 3.63) is 57.6 Å². The Balaban J connectivity index is 0.000000682. The Morgan fingerprint density at radius 2 is 0.892 bits per heavy atom. The zero-order valence-electron chi connectivity index (χ0n) is 22.5. The summed E-state index contributed by atoms with van der Waals surface area (Å²) in [4.78, 5) is 47.0. The normalized spacial score (nSPS) is 11.5. The Labute approximate surface area is 256 Å². The average molecular weight is 701 g/mol. The zero-order chi connectivity index (χ0) is 27.5. The molecule has 2 aromatic rings. The van der Waals surface area contributed by atoms with Crippen LogP contribution in [-0.2, 0) is 70.4 Å². The van der Waals surface area contributed by atoms with E-state index in [4.69, 9.17) is 0 Å². The van der Waals surface area contributed by atoms with Gasteiger partial charge in [0.1, 0.15) is 0 Å². The summed E-state index contributed by atoms with van der Waals surface area (Å²) in [6.45, 7) is 12.4. The van der Waals surface area contributed by atoms with E-state index in [0.717, 1.165) is 106 Å². The van der Waals surface area contributed by atoms with Crippen LogP contribution in [0.15, 0.2) is 34.1 Å². The van der Waals surface area contributed by atoms with Crippen molar-refractivity contribution < 1.29 is 40.6 Å². The predicted octanol–water partition coefficient (Wildman–Crippen LogP) is 5.87. The van der Waals surface area contributed by atoms with Gasteiger partial charge in [-0.25, -0.2) is 0 Å². The molecule has 0 spiro atoms. The molecule has 0 heterocycles. The molecular formula is C26H38MoO4P2S4. The van der Waals surface area contributed by atoms with Gasteiger partial charge < -0.3 is 19.6 Å². The molecule has 0 aliphatic carbocycles. The number of rotatable bonds is 12. The molecular weight excluding hydrogens is 662 g/mol. The Hall–Kier alpha value is 0.968. The van der Waals surface area contributed by atoms with E-state index in [9.17, 15) is 19.6 Å². The van der Waals surface area contributed by atoms with Crippen molar-refractivity contribution in [2.24, 2.45) is 0 Å². The van der Waals surface area contributed by atoms with Crippen LogP contribution in [0, 0.1) is 13.8 Å². The fourth-order valence-electron chi connectivity index (χ4n) is 4.12. The van der Waals surface area contributed by atoms with Crippen molar-refractivity contribution in [2.45, 2.75) is 103 Å². The van der Waals surface area contributed by atoms with E-state index < -0.39 is 11.4 Å². The Bertz CT molecular complexity index is 1000. The Kier molecular flexibility index (Phi) is 18.9. The summed E-state index contributed by atoms with van der Waals surface area (Å²) >= 11 is 10.7. The number of benzene rings is 2. The topological polar surface area (TPSA) is 92.2 Å². The molecule has 0 saturated heterocycles. The van der Waals surface area contributed by atoms with Crippen LogP contribution in [0.3, 0.4) is 0 Å². The molecule has 4 nitrogen and oxygen atoms in total. The SMILES string of the molecule is CCCc1cc(C)c(SP([O-])([O-])=S)c(CCC)c1.CCCc1cc(C)c(SP([O-])([O-])=S)c(CCC)c1.[Mo+4]. The second-order valence-electron chi connectivity index (χ2n) is 8.88. The minimum atomic E-state index is -3.75. The van der Waals surface area contributed by atoms with E-state index in [0.29, 0.717) is 0 Å². The second-order valence-corrected chi connectivity index (χ2v) is 20.1. The van der Waals surface area contributed by atoms with Gasteiger partial charge in [-0.1, -0.05) is 77.6 Å². The van der Waals surface area contributed by atoms with Gasteiger partial charge in [-0.2, -0.15) is 11.4 Å². The van der Waals surface area contributed by atoms with E-state index in [1.54, 1.807) is 0 Å². The van der Waals surface area contributed by atoms with Crippen LogP contribution in [0.25, 0.3) is 0 Å². The molecule has 0 unspecified atom stereocenters. The monoisotopic (exact) mass is 702 g/mol. The summed E-state index contributed by atoms with van der Waals surface area (Å²) < 4.78 is 0. The molecule has 0 aromatic heterocycles. The van der Waals surface area contributed by atoms with Crippen LogP contribution in [-0.4, -0.2) is 0 Å². The van der Waals surface area contributed by atoms with Gasteiger partial charge in [-0.05, 0) is 72.9 Å². The third kappa shape index (κ3) is 15.0. The van der Waals surface area contributed by atoms with Crippen molar-refractivity contribution in [3.8, 4) is 0 Å². The summed E-state index contributed by atoms with van der Waals surface area (Å²) in [6, 6.07) is 8.42. The molecule has 206 valence electrons. The van der Waals surface area contributed by atoms with Gasteiger partial charge in [0.25, 0.3) is 0 Å². The maximum Gasteiger partial charge on any atom is 4.00 e. The van der Waals surface area contributed by atoms with Gasteiger partial charge >= 0.3 is 21.1 Å². The van der Waals surface area contributed by atoms with Crippen molar-refractivity contribution in [3.63, 3.8) is 0 Å². The van der Waals surface area contributed by atoms with Crippen LogP contribution in [0.2, 0.25) is 0 Å². The van der Waals surface area contributed by atoms with Crippen molar-refractivity contribution >= 4 is 57.8 Å². The Morgan fingerprint density at radius 1 is 0.595 bits per heavy atom. The first-order valence-corrected chi connectivity index (χ1v) is 20.5. The standard InChI is InChI=1S/2C13H21O2PS2.Mo/c2*1-4-6-11-8-10(3)13(18-16(14,15)17)12(9-11)7-5-2;/h2*8-9H,4-7H2,1-3H3,(H2,14,15,17);/q;;+4/p-4. The molecule has 0 fully saturated rings. The molecule has 0 N–H and O–H groups in total. The number of hydrogen-bond acceptors (Lipinski definition) is 8. The van der Waals surface area contributed by atoms with E-state index >= 15 is 0 Å². The first-order valence-electron chi connectivity index (χ1n) is 12.4. The smallest absolute Gasteiger partial charge is 0.824 e. The van der Waals surface area contributed by atoms with E-state index in [1.165, 1.54) is 11.1 Å². The molecule has 0 amide bonds. The third-order valence-electron chi connectivity index (χ3n) is 5.34. The third-order valence-corrected chi connectivity index (χ3v) is 11.1. The summed E-state index contributed by atoms with van der Waals surface area (Å²) in [5, 5.41) is 0. The van der Waals surface area contributed by atoms with Crippen LogP contribution in [0.4, 0.5) is 0 Å². The quantitative estimate of drug-likeness (QED) is 0.201. The van der Waals surface area contributed by atoms with Crippen LogP contribution in [0.1, 0.15) is 86.8 Å². The summed E-state index contributed by atoms with van der Waals surface area (Å²) in [5.41, 5.74) is -0.639. The first-order chi connectivity index (χ1) is 16.7. The van der Waals surface area contributed by atoms with Crippen molar-refractivity contribution in [1.82, 2.24) is 0 Å². The number of hydrogen-bond donors (Lipinski definition) is 0. The van der Waals surface area contributed by atoms with Crippen molar-refractivity contribution in [2.75, 3.05) is 0 Å². The van der Waals surface area contributed by atoms with E-state index in [-0.39, 0.29) is 21.1 Å². The van der Waals surface area contributed by atoms with E-state index in [2.05, 4.69) is 75.6 Å². The van der Waals surface area contributed by atoms with E-state index in [1.807, 2.05) is 13.8 Å². The van der Waals surface area contributed by atoms with Crippen LogP contribution >= 0.6 is 34.2 Å². The molecule has 0 radical (unpaired) electrons. The summed E-state index contributed by atoms with van der Waals surface area (Å²) in [6.07, 6.45) is 8.06. The van der Waals surface area contributed by atoms with Gasteiger partial charge in [0.2, 0.25) is 0 Å². The van der Waals surface area contributed by atoms with Crippen molar-refractivity contribution in [1.29, 1.82) is 0 Å². The van der Waals surface area contributed by atoms with Crippen LogP contribution < -0.4 is 19.6 Å². The van der Waals surface area contributed by atoms with Gasteiger partial charge in [0.15, 0.2) is 0 Å². The molecule has 11 heteroatoms. The Morgan fingerprint density at radius 3 is 1.14 bits per heavy atom. The second kappa shape index (κ2) is 18.4. The molecule has 2 aromatic carbocycles.